The number of ether oxygens (including phenoxy) is 2. The Hall–Kier alpha value is -2.85. The van der Waals surface area contributed by atoms with Crippen LogP contribution in [0, 0.1) is 10.1 Å². The lowest BCUT2D eigenvalue weighted by atomic mass is 10.2. The summed E-state index contributed by atoms with van der Waals surface area (Å²) in [6.07, 6.45) is 2.60. The third-order valence-electron chi connectivity index (χ3n) is 5.26. The van der Waals surface area contributed by atoms with Crippen molar-refractivity contribution in [1.29, 1.82) is 0 Å². The monoisotopic (exact) mass is 449 g/mol. The zero-order valence-electron chi connectivity index (χ0n) is 17.7. The number of piperidine rings is 1. The quantitative estimate of drug-likeness (QED) is 0.427. The molecule has 1 aliphatic rings. The van der Waals surface area contributed by atoms with Gasteiger partial charge in [0.25, 0.3) is 5.69 Å². The van der Waals surface area contributed by atoms with Crippen molar-refractivity contribution in [1.82, 2.24) is 4.31 Å². The van der Waals surface area contributed by atoms with Crippen LogP contribution in [0.1, 0.15) is 19.3 Å². The Kier molecular flexibility index (Phi) is 7.34. The van der Waals surface area contributed by atoms with Gasteiger partial charge >= 0.3 is 0 Å². The van der Waals surface area contributed by atoms with E-state index in [9.17, 15) is 18.5 Å². The molecule has 0 atom stereocenters. The molecule has 2 aromatic rings. The molecule has 0 amide bonds. The molecule has 0 aliphatic carbocycles. The molecular weight excluding hydrogens is 422 g/mol. The summed E-state index contributed by atoms with van der Waals surface area (Å²) in [7, 11) is -0.453. The van der Waals surface area contributed by atoms with Crippen LogP contribution in [0.5, 0.6) is 11.5 Å². The van der Waals surface area contributed by atoms with Crippen LogP contribution < -0.4 is 14.4 Å². The number of anilines is 1. The van der Waals surface area contributed by atoms with Gasteiger partial charge in [0, 0.05) is 26.2 Å². The van der Waals surface area contributed by atoms with Crippen LogP contribution in [0.25, 0.3) is 0 Å². The lowest BCUT2D eigenvalue weighted by Gasteiger charge is -2.26. The Labute approximate surface area is 182 Å². The molecule has 0 N–H and O–H groups in total. The Morgan fingerprint density at radius 3 is 2.32 bits per heavy atom. The maximum Gasteiger partial charge on any atom is 0.293 e. The first kappa shape index (κ1) is 22.8. The van der Waals surface area contributed by atoms with E-state index in [1.165, 1.54) is 16.4 Å². The first-order valence-corrected chi connectivity index (χ1v) is 11.5. The average molecular weight is 450 g/mol. The lowest BCUT2D eigenvalue weighted by molar-refractivity contribution is -0.384. The number of methoxy groups -OCH3 is 1. The van der Waals surface area contributed by atoms with E-state index < -0.39 is 14.9 Å². The van der Waals surface area contributed by atoms with E-state index in [0.29, 0.717) is 37.7 Å². The van der Waals surface area contributed by atoms with Gasteiger partial charge in [-0.2, -0.15) is 4.31 Å². The van der Waals surface area contributed by atoms with Crippen LogP contribution in [-0.4, -0.2) is 58.0 Å². The molecule has 1 heterocycles. The molecule has 1 aliphatic heterocycles. The number of hydrogen-bond acceptors (Lipinski definition) is 7. The highest BCUT2D eigenvalue weighted by atomic mass is 32.2. The van der Waals surface area contributed by atoms with E-state index in [2.05, 4.69) is 0 Å². The van der Waals surface area contributed by atoms with Gasteiger partial charge in [0.1, 0.15) is 23.8 Å². The Balaban J connectivity index is 1.71. The lowest BCUT2D eigenvalue weighted by Crippen LogP contribution is -2.35. The molecule has 10 heteroatoms. The summed E-state index contributed by atoms with van der Waals surface area (Å²) in [4.78, 5) is 12.7. The number of hydrogen-bond donors (Lipinski definition) is 0. The minimum absolute atomic E-state index is 0.0484. The summed E-state index contributed by atoms with van der Waals surface area (Å²) >= 11 is 0. The van der Waals surface area contributed by atoms with Crippen molar-refractivity contribution in [3.05, 3.63) is 52.6 Å². The van der Waals surface area contributed by atoms with Gasteiger partial charge in [0.2, 0.25) is 10.0 Å². The van der Waals surface area contributed by atoms with Gasteiger partial charge in [-0.3, -0.25) is 10.1 Å². The van der Waals surface area contributed by atoms with Gasteiger partial charge in [0.05, 0.1) is 23.5 Å². The molecule has 0 aromatic heterocycles. The molecule has 9 nitrogen and oxygen atoms in total. The van der Waals surface area contributed by atoms with E-state index >= 15 is 0 Å². The second kappa shape index (κ2) is 9.97. The number of sulfonamides is 1. The van der Waals surface area contributed by atoms with E-state index in [-0.39, 0.29) is 10.6 Å². The van der Waals surface area contributed by atoms with Crippen molar-refractivity contribution in [2.24, 2.45) is 0 Å². The van der Waals surface area contributed by atoms with Gasteiger partial charge < -0.3 is 14.4 Å². The van der Waals surface area contributed by atoms with Crippen molar-refractivity contribution < 1.29 is 22.8 Å². The summed E-state index contributed by atoms with van der Waals surface area (Å²) in [5, 5.41) is 11.7. The molecular formula is C21H27N3O6S. The SMILES string of the molecule is COc1ccc(OCCN(C)c2ccc(S(=O)(=O)N3CCCCC3)cc2[N+](=O)[O-])cc1. The van der Waals surface area contributed by atoms with E-state index in [1.807, 2.05) is 0 Å². The minimum atomic E-state index is -3.74. The highest BCUT2D eigenvalue weighted by Gasteiger charge is 2.29. The molecule has 168 valence electrons. The predicted molar refractivity (Wildman–Crippen MR) is 117 cm³/mol. The number of benzene rings is 2. The number of nitro groups is 1. The van der Waals surface area contributed by atoms with Gasteiger partial charge in [-0.25, -0.2) is 8.42 Å². The average Bonchev–Trinajstić information content (AvgIpc) is 2.79. The maximum absolute atomic E-state index is 12.9. The first-order chi connectivity index (χ1) is 14.8. The van der Waals surface area contributed by atoms with Gasteiger partial charge in [-0.1, -0.05) is 6.42 Å². The van der Waals surface area contributed by atoms with Crippen molar-refractivity contribution in [2.75, 3.05) is 45.3 Å². The molecule has 0 saturated carbocycles. The third-order valence-corrected chi connectivity index (χ3v) is 7.16. The highest BCUT2D eigenvalue weighted by molar-refractivity contribution is 7.89. The summed E-state index contributed by atoms with van der Waals surface area (Å²) in [6.45, 7) is 1.57. The second-order valence-electron chi connectivity index (χ2n) is 7.32. The van der Waals surface area contributed by atoms with Crippen LogP contribution >= 0.6 is 0 Å². The topological polar surface area (TPSA) is 102 Å². The minimum Gasteiger partial charge on any atom is -0.497 e. The van der Waals surface area contributed by atoms with Crippen molar-refractivity contribution in [3.63, 3.8) is 0 Å². The van der Waals surface area contributed by atoms with E-state index in [0.717, 1.165) is 31.1 Å². The van der Waals surface area contributed by atoms with Crippen LogP contribution in [0.3, 0.4) is 0 Å². The summed E-state index contributed by atoms with van der Waals surface area (Å²) in [5.74, 6) is 1.38. The highest BCUT2D eigenvalue weighted by Crippen LogP contribution is 2.32. The van der Waals surface area contributed by atoms with E-state index in [1.54, 1.807) is 43.3 Å². The Bertz CT molecular complexity index is 1000. The fraction of sp³-hybridized carbons (Fsp3) is 0.429. The molecule has 0 radical (unpaired) electrons. The fourth-order valence-electron chi connectivity index (χ4n) is 3.48. The van der Waals surface area contributed by atoms with Gasteiger partial charge in [-0.05, 0) is 49.2 Å². The molecule has 0 unspecified atom stereocenters. The van der Waals surface area contributed by atoms with Crippen LogP contribution in [0.2, 0.25) is 0 Å². The molecule has 2 aromatic carbocycles. The molecule has 1 fully saturated rings. The van der Waals surface area contributed by atoms with Crippen LogP contribution in [0.15, 0.2) is 47.4 Å². The third kappa shape index (κ3) is 5.45. The number of rotatable bonds is 9. The summed E-state index contributed by atoms with van der Waals surface area (Å²) in [5.41, 5.74) is 0.0888. The fourth-order valence-corrected chi connectivity index (χ4v) is 5.02. The van der Waals surface area contributed by atoms with Crippen LogP contribution in [0.4, 0.5) is 11.4 Å². The second-order valence-corrected chi connectivity index (χ2v) is 9.26. The molecule has 0 bridgehead atoms. The molecule has 0 spiro atoms. The van der Waals surface area contributed by atoms with Crippen molar-refractivity contribution >= 4 is 21.4 Å². The molecule has 31 heavy (non-hydrogen) atoms. The summed E-state index contributed by atoms with van der Waals surface area (Å²) < 4.78 is 38.0. The zero-order valence-corrected chi connectivity index (χ0v) is 18.5. The predicted octanol–water partition coefficient (Wildman–Crippen LogP) is 3.29. The number of nitrogens with zero attached hydrogens (tertiary/aromatic N) is 3. The van der Waals surface area contributed by atoms with Gasteiger partial charge in [-0.15, -0.1) is 0 Å². The summed E-state index contributed by atoms with van der Waals surface area (Å²) in [6, 6.07) is 11.2. The largest absolute Gasteiger partial charge is 0.497 e. The van der Waals surface area contributed by atoms with Gasteiger partial charge in [0.15, 0.2) is 0 Å². The first-order valence-electron chi connectivity index (χ1n) is 10.1. The Morgan fingerprint density at radius 2 is 1.71 bits per heavy atom. The number of likely N-dealkylation sites (N-methyl/N-ethyl adjacent to an activating group) is 1. The number of nitro benzene ring substituents is 1. The van der Waals surface area contributed by atoms with Crippen LogP contribution in [-0.2, 0) is 10.0 Å². The van der Waals surface area contributed by atoms with E-state index in [4.69, 9.17) is 9.47 Å². The van der Waals surface area contributed by atoms with Crippen molar-refractivity contribution in [3.8, 4) is 11.5 Å². The Morgan fingerprint density at radius 1 is 1.06 bits per heavy atom. The molecule has 1 saturated heterocycles. The normalized spacial score (nSPS) is 14.8. The maximum atomic E-state index is 12.9. The zero-order chi connectivity index (χ0) is 22.4. The van der Waals surface area contributed by atoms with Crippen molar-refractivity contribution in [2.45, 2.75) is 24.2 Å². The molecule has 3 rings (SSSR count). The standard InChI is InChI=1S/C21H27N3O6S/c1-22(14-15-30-18-8-6-17(29-2)7-9-18)20-11-10-19(16-21(20)24(25)26)31(27,28)23-12-4-3-5-13-23/h6-11,16H,3-5,12-15H2,1-2H3. The smallest absolute Gasteiger partial charge is 0.293 e.